The first-order valence-electron chi connectivity index (χ1n) is 5.97. The third-order valence-electron chi connectivity index (χ3n) is 3.13. The van der Waals surface area contributed by atoms with Gasteiger partial charge < -0.3 is 10.5 Å². The Kier molecular flexibility index (Phi) is 3.80. The average molecular weight is 220 g/mol. The lowest BCUT2D eigenvalue weighted by molar-refractivity contribution is -0.0324. The van der Waals surface area contributed by atoms with Crippen LogP contribution >= 0.6 is 0 Å². The molecule has 0 aliphatic carbocycles. The molecule has 1 heterocycles. The second kappa shape index (κ2) is 5.32. The van der Waals surface area contributed by atoms with Crippen molar-refractivity contribution in [1.82, 2.24) is 4.90 Å². The van der Waals surface area contributed by atoms with Crippen molar-refractivity contribution >= 4 is 5.69 Å². The number of para-hydroxylation sites is 1. The number of nitrogens with two attached hydrogens (primary N) is 1. The number of nitrogens with zero attached hydrogens (tertiary/aromatic N) is 1. The van der Waals surface area contributed by atoms with Gasteiger partial charge in [0.2, 0.25) is 0 Å². The lowest BCUT2D eigenvalue weighted by atomic mass is 10.1. The van der Waals surface area contributed by atoms with Crippen LogP contribution in [0.5, 0.6) is 0 Å². The molecule has 1 aromatic rings. The summed E-state index contributed by atoms with van der Waals surface area (Å²) in [4.78, 5) is 2.42. The highest BCUT2D eigenvalue weighted by atomic mass is 16.5. The normalized spacial score (nSPS) is 22.2. The zero-order chi connectivity index (χ0) is 11.4. The fraction of sp³-hybridized carbons (Fsp3) is 0.538. The monoisotopic (exact) mass is 220 g/mol. The van der Waals surface area contributed by atoms with E-state index in [1.54, 1.807) is 0 Å². The highest BCUT2D eigenvalue weighted by molar-refractivity contribution is 5.46. The molecule has 1 saturated heterocycles. The van der Waals surface area contributed by atoms with E-state index in [1.165, 1.54) is 5.56 Å². The maximum Gasteiger partial charge on any atom is 0.0700 e. The van der Waals surface area contributed by atoms with Crippen molar-refractivity contribution in [2.75, 3.05) is 25.4 Å². The van der Waals surface area contributed by atoms with Crippen molar-refractivity contribution in [3.63, 3.8) is 0 Å². The Morgan fingerprint density at radius 1 is 1.44 bits per heavy atom. The molecule has 1 fully saturated rings. The van der Waals surface area contributed by atoms with Gasteiger partial charge in [0.1, 0.15) is 0 Å². The van der Waals surface area contributed by atoms with E-state index in [0.29, 0.717) is 6.10 Å². The Balaban J connectivity index is 1.97. The SMILES string of the molecule is CCC1CN(Cc2ccccc2N)CCO1. The van der Waals surface area contributed by atoms with Gasteiger partial charge in [-0.05, 0) is 18.1 Å². The van der Waals surface area contributed by atoms with E-state index < -0.39 is 0 Å². The standard InChI is InChI=1S/C13H20N2O/c1-2-12-10-15(7-8-16-12)9-11-5-3-4-6-13(11)14/h3-6,12H,2,7-10,14H2,1H3. The van der Waals surface area contributed by atoms with Crippen LogP contribution in [0.25, 0.3) is 0 Å². The van der Waals surface area contributed by atoms with Gasteiger partial charge in [-0.3, -0.25) is 4.90 Å². The van der Waals surface area contributed by atoms with Crippen molar-refractivity contribution in [1.29, 1.82) is 0 Å². The van der Waals surface area contributed by atoms with Gasteiger partial charge in [-0.1, -0.05) is 25.1 Å². The van der Waals surface area contributed by atoms with Gasteiger partial charge in [-0.15, -0.1) is 0 Å². The molecule has 1 aliphatic heterocycles. The van der Waals surface area contributed by atoms with Crippen LogP contribution in [0.1, 0.15) is 18.9 Å². The molecule has 2 rings (SSSR count). The molecule has 0 bridgehead atoms. The van der Waals surface area contributed by atoms with Gasteiger partial charge in [0, 0.05) is 25.3 Å². The van der Waals surface area contributed by atoms with Crippen molar-refractivity contribution in [3.8, 4) is 0 Å². The van der Waals surface area contributed by atoms with Crippen LogP contribution in [-0.4, -0.2) is 30.7 Å². The zero-order valence-corrected chi connectivity index (χ0v) is 9.86. The summed E-state index contributed by atoms with van der Waals surface area (Å²) in [7, 11) is 0. The fourth-order valence-electron chi connectivity index (χ4n) is 2.09. The van der Waals surface area contributed by atoms with Gasteiger partial charge >= 0.3 is 0 Å². The molecule has 16 heavy (non-hydrogen) atoms. The van der Waals surface area contributed by atoms with E-state index >= 15 is 0 Å². The summed E-state index contributed by atoms with van der Waals surface area (Å²) in [6, 6.07) is 8.09. The summed E-state index contributed by atoms with van der Waals surface area (Å²) < 4.78 is 5.65. The van der Waals surface area contributed by atoms with Crippen LogP contribution in [0.3, 0.4) is 0 Å². The number of ether oxygens (including phenoxy) is 1. The molecule has 1 aliphatic rings. The molecular weight excluding hydrogens is 200 g/mol. The molecule has 88 valence electrons. The number of anilines is 1. The van der Waals surface area contributed by atoms with Crippen LogP contribution in [0.15, 0.2) is 24.3 Å². The molecule has 0 aromatic heterocycles. The van der Waals surface area contributed by atoms with E-state index in [9.17, 15) is 0 Å². The second-order valence-electron chi connectivity index (χ2n) is 4.33. The minimum Gasteiger partial charge on any atom is -0.398 e. The first kappa shape index (κ1) is 11.4. The summed E-state index contributed by atoms with van der Waals surface area (Å²) in [6.07, 6.45) is 1.47. The third-order valence-corrected chi connectivity index (χ3v) is 3.13. The van der Waals surface area contributed by atoms with Crippen LogP contribution in [-0.2, 0) is 11.3 Å². The first-order valence-corrected chi connectivity index (χ1v) is 5.97. The highest BCUT2D eigenvalue weighted by Crippen LogP contribution is 2.16. The fourth-order valence-corrected chi connectivity index (χ4v) is 2.09. The molecule has 2 N–H and O–H groups in total. The summed E-state index contributed by atoms with van der Waals surface area (Å²) >= 11 is 0. The number of nitrogen functional groups attached to an aromatic ring is 1. The largest absolute Gasteiger partial charge is 0.398 e. The van der Waals surface area contributed by atoms with Crippen molar-refractivity contribution < 1.29 is 4.74 Å². The van der Waals surface area contributed by atoms with E-state index in [0.717, 1.165) is 38.3 Å². The van der Waals surface area contributed by atoms with Crippen molar-refractivity contribution in [3.05, 3.63) is 29.8 Å². The topological polar surface area (TPSA) is 38.5 Å². The lowest BCUT2D eigenvalue weighted by Gasteiger charge is -2.32. The maximum atomic E-state index is 5.95. The van der Waals surface area contributed by atoms with Gasteiger partial charge in [0.05, 0.1) is 12.7 Å². The Hall–Kier alpha value is -1.06. The predicted molar refractivity (Wildman–Crippen MR) is 66.2 cm³/mol. The zero-order valence-electron chi connectivity index (χ0n) is 9.86. The quantitative estimate of drug-likeness (QED) is 0.790. The minimum absolute atomic E-state index is 0.388. The molecule has 1 unspecified atom stereocenters. The molecular formula is C13H20N2O. The molecule has 0 radical (unpaired) electrons. The van der Waals surface area contributed by atoms with Crippen LogP contribution in [0, 0.1) is 0 Å². The first-order chi connectivity index (χ1) is 7.79. The van der Waals surface area contributed by atoms with Gasteiger partial charge in [0.15, 0.2) is 0 Å². The van der Waals surface area contributed by atoms with Crippen LogP contribution in [0.2, 0.25) is 0 Å². The summed E-state index contributed by atoms with van der Waals surface area (Å²) in [6.45, 7) is 5.97. The summed E-state index contributed by atoms with van der Waals surface area (Å²) in [5.74, 6) is 0. The molecule has 1 aromatic carbocycles. The Bertz CT molecular complexity index is 340. The second-order valence-corrected chi connectivity index (χ2v) is 4.33. The molecule has 0 saturated carbocycles. The number of rotatable bonds is 3. The third kappa shape index (κ3) is 2.74. The van der Waals surface area contributed by atoms with Crippen LogP contribution < -0.4 is 5.73 Å². The lowest BCUT2D eigenvalue weighted by Crippen LogP contribution is -2.41. The number of benzene rings is 1. The Morgan fingerprint density at radius 2 is 2.25 bits per heavy atom. The number of hydrogen-bond donors (Lipinski definition) is 1. The molecule has 0 amide bonds. The smallest absolute Gasteiger partial charge is 0.0700 e. The summed E-state index contributed by atoms with van der Waals surface area (Å²) in [5.41, 5.74) is 8.06. The van der Waals surface area contributed by atoms with E-state index in [1.807, 2.05) is 18.2 Å². The maximum absolute atomic E-state index is 5.95. The van der Waals surface area contributed by atoms with Gasteiger partial charge in [-0.2, -0.15) is 0 Å². The Labute approximate surface area is 97.2 Å². The van der Waals surface area contributed by atoms with E-state index in [2.05, 4.69) is 17.9 Å². The Morgan fingerprint density at radius 3 is 3.00 bits per heavy atom. The molecule has 3 heteroatoms. The average Bonchev–Trinajstić information content (AvgIpc) is 2.32. The van der Waals surface area contributed by atoms with Gasteiger partial charge in [-0.25, -0.2) is 0 Å². The van der Waals surface area contributed by atoms with Gasteiger partial charge in [0.25, 0.3) is 0 Å². The van der Waals surface area contributed by atoms with Crippen LogP contribution in [0.4, 0.5) is 5.69 Å². The molecule has 0 spiro atoms. The van der Waals surface area contributed by atoms with E-state index in [-0.39, 0.29) is 0 Å². The summed E-state index contributed by atoms with van der Waals surface area (Å²) in [5, 5.41) is 0. The van der Waals surface area contributed by atoms with Crippen molar-refractivity contribution in [2.24, 2.45) is 0 Å². The van der Waals surface area contributed by atoms with Crippen molar-refractivity contribution in [2.45, 2.75) is 26.0 Å². The molecule has 3 nitrogen and oxygen atoms in total. The minimum atomic E-state index is 0.388. The van der Waals surface area contributed by atoms with E-state index in [4.69, 9.17) is 10.5 Å². The number of hydrogen-bond acceptors (Lipinski definition) is 3. The number of morpholine rings is 1. The highest BCUT2D eigenvalue weighted by Gasteiger charge is 2.19. The molecule has 1 atom stereocenters. The predicted octanol–water partition coefficient (Wildman–Crippen LogP) is 1.88.